The molecule has 1 fully saturated rings. The van der Waals surface area contributed by atoms with E-state index >= 15 is 0 Å². The lowest BCUT2D eigenvalue weighted by Crippen LogP contribution is -2.47. The van der Waals surface area contributed by atoms with Crippen molar-refractivity contribution < 1.29 is 18.8 Å². The molecule has 0 bridgehead atoms. The summed E-state index contributed by atoms with van der Waals surface area (Å²) in [5, 5.41) is 2.81. The highest BCUT2D eigenvalue weighted by Crippen LogP contribution is 2.28. The molecule has 1 saturated heterocycles. The minimum absolute atomic E-state index is 0.228. The average Bonchev–Trinajstić information content (AvgIpc) is 2.84. The number of nitrogens with one attached hydrogen (secondary N) is 1. The number of benzene rings is 1. The molecule has 2 rings (SSSR count). The molecule has 1 aliphatic rings. The van der Waals surface area contributed by atoms with Gasteiger partial charge in [0.25, 0.3) is 5.91 Å². The summed E-state index contributed by atoms with van der Waals surface area (Å²) in [5.74, 6) is -1.03. The van der Waals surface area contributed by atoms with Crippen LogP contribution in [0.2, 0.25) is 0 Å². The maximum Gasteiger partial charge on any atom is 0.325 e. The molecule has 1 heterocycles. The van der Waals surface area contributed by atoms with Gasteiger partial charge in [-0.05, 0) is 37.5 Å². The first-order valence-corrected chi connectivity index (χ1v) is 9.53. The van der Waals surface area contributed by atoms with Gasteiger partial charge in [-0.2, -0.15) is 0 Å². The van der Waals surface area contributed by atoms with Crippen LogP contribution in [0, 0.1) is 5.82 Å². The zero-order valence-electron chi connectivity index (χ0n) is 16.3. The van der Waals surface area contributed by atoms with Gasteiger partial charge in [0.1, 0.15) is 17.9 Å². The SMILES string of the molecule is CCCC1(CCC)NC(=O)N(CC(=O)N(CC)Cc2cccc(F)c2)C1=O. The first kappa shape index (κ1) is 20.9. The number of amides is 4. The molecule has 1 aromatic rings. The Balaban J connectivity index is 2.10. The molecule has 0 atom stereocenters. The summed E-state index contributed by atoms with van der Waals surface area (Å²) in [7, 11) is 0. The molecule has 27 heavy (non-hydrogen) atoms. The van der Waals surface area contributed by atoms with E-state index in [9.17, 15) is 18.8 Å². The van der Waals surface area contributed by atoms with Crippen molar-refractivity contribution in [1.29, 1.82) is 0 Å². The topological polar surface area (TPSA) is 69.7 Å². The first-order chi connectivity index (χ1) is 12.9. The molecule has 0 unspecified atom stereocenters. The fourth-order valence-corrected chi connectivity index (χ4v) is 3.60. The molecular formula is C20H28FN3O3. The number of imide groups is 1. The molecule has 0 aliphatic carbocycles. The third kappa shape index (κ3) is 4.64. The normalized spacial score (nSPS) is 15.8. The van der Waals surface area contributed by atoms with Gasteiger partial charge >= 0.3 is 6.03 Å². The largest absolute Gasteiger partial charge is 0.337 e. The molecule has 148 valence electrons. The summed E-state index contributed by atoms with van der Waals surface area (Å²) in [6, 6.07) is 5.52. The highest BCUT2D eigenvalue weighted by molar-refractivity contribution is 6.09. The number of urea groups is 1. The number of carbonyl (C=O) groups excluding carboxylic acids is 3. The lowest BCUT2D eigenvalue weighted by molar-refractivity contribution is -0.139. The van der Waals surface area contributed by atoms with Crippen LogP contribution in [0.5, 0.6) is 0 Å². The van der Waals surface area contributed by atoms with Crippen LogP contribution in [0.1, 0.15) is 52.0 Å². The third-order valence-electron chi connectivity index (χ3n) is 4.89. The second kappa shape index (κ2) is 8.97. The number of rotatable bonds is 9. The van der Waals surface area contributed by atoms with Gasteiger partial charge in [0.2, 0.25) is 5.91 Å². The molecule has 0 radical (unpaired) electrons. The van der Waals surface area contributed by atoms with Crippen molar-refractivity contribution in [1.82, 2.24) is 15.1 Å². The molecule has 1 aromatic carbocycles. The van der Waals surface area contributed by atoms with Gasteiger partial charge in [-0.1, -0.05) is 38.8 Å². The Bertz CT molecular complexity index is 701. The predicted octanol–water partition coefficient (Wildman–Crippen LogP) is 3.07. The average molecular weight is 377 g/mol. The van der Waals surface area contributed by atoms with E-state index in [-0.39, 0.29) is 30.7 Å². The number of nitrogens with zero attached hydrogens (tertiary/aromatic N) is 2. The maximum absolute atomic E-state index is 13.4. The van der Waals surface area contributed by atoms with E-state index in [2.05, 4.69) is 5.32 Å². The Morgan fingerprint density at radius 3 is 2.41 bits per heavy atom. The molecular weight excluding hydrogens is 349 g/mol. The van der Waals surface area contributed by atoms with E-state index < -0.39 is 11.6 Å². The molecule has 0 spiro atoms. The van der Waals surface area contributed by atoms with Crippen LogP contribution < -0.4 is 5.32 Å². The van der Waals surface area contributed by atoms with Crippen LogP contribution in [-0.4, -0.2) is 46.3 Å². The summed E-state index contributed by atoms with van der Waals surface area (Å²) in [4.78, 5) is 40.5. The maximum atomic E-state index is 13.4. The Morgan fingerprint density at radius 1 is 1.19 bits per heavy atom. The van der Waals surface area contributed by atoms with E-state index in [0.717, 1.165) is 17.7 Å². The second-order valence-corrected chi connectivity index (χ2v) is 6.94. The molecule has 0 aromatic heterocycles. The first-order valence-electron chi connectivity index (χ1n) is 9.53. The van der Waals surface area contributed by atoms with Crippen LogP contribution in [0.15, 0.2) is 24.3 Å². The van der Waals surface area contributed by atoms with Crippen molar-refractivity contribution in [3.63, 3.8) is 0 Å². The van der Waals surface area contributed by atoms with Crippen LogP contribution in [0.4, 0.5) is 9.18 Å². The molecule has 1 aliphatic heterocycles. The van der Waals surface area contributed by atoms with Gasteiger partial charge in [-0.15, -0.1) is 0 Å². The summed E-state index contributed by atoms with van der Waals surface area (Å²) in [6.45, 7) is 6.05. The van der Waals surface area contributed by atoms with Crippen molar-refractivity contribution in [2.75, 3.05) is 13.1 Å². The quantitative estimate of drug-likeness (QED) is 0.673. The number of hydrogen-bond donors (Lipinski definition) is 1. The van der Waals surface area contributed by atoms with Gasteiger partial charge in [0.15, 0.2) is 0 Å². The number of halogens is 1. The monoisotopic (exact) mass is 377 g/mol. The summed E-state index contributed by atoms with van der Waals surface area (Å²) in [6.07, 6.45) is 2.62. The Hall–Kier alpha value is -2.44. The van der Waals surface area contributed by atoms with Crippen LogP contribution in [0.3, 0.4) is 0 Å². The van der Waals surface area contributed by atoms with E-state index in [1.807, 2.05) is 20.8 Å². The molecule has 1 N–H and O–H groups in total. The van der Waals surface area contributed by atoms with Crippen molar-refractivity contribution in [3.8, 4) is 0 Å². The second-order valence-electron chi connectivity index (χ2n) is 6.94. The zero-order chi connectivity index (χ0) is 20.0. The number of hydrogen-bond acceptors (Lipinski definition) is 3. The minimum atomic E-state index is -0.902. The van der Waals surface area contributed by atoms with Gasteiger partial charge in [-0.25, -0.2) is 9.18 Å². The fraction of sp³-hybridized carbons (Fsp3) is 0.550. The number of likely N-dealkylation sites (N-methyl/N-ethyl adjacent to an activating group) is 1. The number of carbonyl (C=O) groups is 3. The molecule has 4 amide bonds. The molecule has 6 nitrogen and oxygen atoms in total. The zero-order valence-corrected chi connectivity index (χ0v) is 16.3. The van der Waals surface area contributed by atoms with E-state index in [1.165, 1.54) is 17.0 Å². The highest BCUT2D eigenvalue weighted by Gasteiger charge is 2.50. The van der Waals surface area contributed by atoms with Crippen molar-refractivity contribution >= 4 is 17.8 Å². The van der Waals surface area contributed by atoms with Crippen molar-refractivity contribution in [2.45, 2.75) is 58.5 Å². The van der Waals surface area contributed by atoms with Gasteiger partial charge in [-0.3, -0.25) is 14.5 Å². The van der Waals surface area contributed by atoms with Gasteiger partial charge in [0.05, 0.1) is 0 Å². The van der Waals surface area contributed by atoms with Gasteiger partial charge < -0.3 is 10.2 Å². The van der Waals surface area contributed by atoms with Gasteiger partial charge in [0, 0.05) is 13.1 Å². The minimum Gasteiger partial charge on any atom is -0.337 e. The van der Waals surface area contributed by atoms with Crippen LogP contribution >= 0.6 is 0 Å². The lowest BCUT2D eigenvalue weighted by atomic mass is 9.88. The Kier molecular flexibility index (Phi) is 6.93. The van der Waals surface area contributed by atoms with Crippen molar-refractivity contribution in [3.05, 3.63) is 35.6 Å². The standard InChI is InChI=1S/C20H28FN3O3/c1-4-10-20(11-5-2)18(26)24(19(27)22-20)14-17(25)23(6-3)13-15-8-7-9-16(21)12-15/h7-9,12H,4-6,10-11,13-14H2,1-3H3,(H,22,27). The summed E-state index contributed by atoms with van der Waals surface area (Å²) in [5.41, 5.74) is -0.241. The Morgan fingerprint density at radius 2 is 1.85 bits per heavy atom. The van der Waals surface area contributed by atoms with E-state index in [4.69, 9.17) is 0 Å². The summed E-state index contributed by atoms with van der Waals surface area (Å²) >= 11 is 0. The molecule has 7 heteroatoms. The van der Waals surface area contributed by atoms with E-state index in [0.29, 0.717) is 24.9 Å². The van der Waals surface area contributed by atoms with E-state index in [1.54, 1.807) is 12.1 Å². The highest BCUT2D eigenvalue weighted by atomic mass is 19.1. The Labute approximate surface area is 159 Å². The van der Waals surface area contributed by atoms with Crippen LogP contribution in [-0.2, 0) is 16.1 Å². The predicted molar refractivity (Wildman–Crippen MR) is 100 cm³/mol. The third-order valence-corrected chi connectivity index (χ3v) is 4.89. The fourth-order valence-electron chi connectivity index (χ4n) is 3.60. The smallest absolute Gasteiger partial charge is 0.325 e. The molecule has 0 saturated carbocycles. The van der Waals surface area contributed by atoms with Crippen molar-refractivity contribution in [2.24, 2.45) is 0 Å². The van der Waals surface area contributed by atoms with Crippen LogP contribution in [0.25, 0.3) is 0 Å². The lowest BCUT2D eigenvalue weighted by Gasteiger charge is -2.26. The summed E-state index contributed by atoms with van der Waals surface area (Å²) < 4.78 is 13.4.